The molecule has 1 amide bonds. The van der Waals surface area contributed by atoms with Gasteiger partial charge in [0.05, 0.1) is 12.7 Å². The van der Waals surface area contributed by atoms with Crippen molar-refractivity contribution in [1.82, 2.24) is 5.32 Å². The number of rotatable bonds is 8. The van der Waals surface area contributed by atoms with E-state index in [2.05, 4.69) is 5.32 Å². The maximum atomic E-state index is 10.7. The number of carbonyl (C=O) groups excluding carboxylic acids is 1. The highest BCUT2D eigenvalue weighted by Crippen LogP contribution is 2.08. The third-order valence-corrected chi connectivity index (χ3v) is 3.03. The van der Waals surface area contributed by atoms with Crippen LogP contribution in [0, 0.1) is 0 Å². The standard InChI is InChI=1S/C9H17NO6S/c1-5(12)10-6(9(15)16)3-17-4-8(14)7(13)2-11/h6-8,11,13-14H,2-4H2,1H3,(H,10,12)(H,15,16)/t6-,7+,8+/m0/s1. The van der Waals surface area contributed by atoms with Gasteiger partial charge in [-0.1, -0.05) is 0 Å². The van der Waals surface area contributed by atoms with Crippen molar-refractivity contribution in [3.05, 3.63) is 0 Å². The van der Waals surface area contributed by atoms with Crippen LogP contribution in [0.1, 0.15) is 6.92 Å². The van der Waals surface area contributed by atoms with Gasteiger partial charge in [-0.3, -0.25) is 4.79 Å². The SMILES string of the molecule is CC(=O)N[C@@H](CSC[C@@H](O)[C@H](O)CO)C(=O)O. The highest BCUT2D eigenvalue weighted by atomic mass is 32.2. The maximum Gasteiger partial charge on any atom is 0.327 e. The summed E-state index contributed by atoms with van der Waals surface area (Å²) in [5.41, 5.74) is 0. The van der Waals surface area contributed by atoms with Gasteiger partial charge in [0.1, 0.15) is 12.1 Å². The van der Waals surface area contributed by atoms with E-state index in [0.29, 0.717) is 0 Å². The first-order valence-corrected chi connectivity index (χ1v) is 6.08. The summed E-state index contributed by atoms with van der Waals surface area (Å²) < 4.78 is 0. The molecule has 0 fully saturated rings. The number of carboxylic acids is 1. The van der Waals surface area contributed by atoms with Crippen LogP contribution in [0.3, 0.4) is 0 Å². The molecule has 0 heterocycles. The summed E-state index contributed by atoms with van der Waals surface area (Å²) in [5.74, 6) is -1.46. The number of hydrogen-bond acceptors (Lipinski definition) is 6. The highest BCUT2D eigenvalue weighted by Gasteiger charge is 2.20. The van der Waals surface area contributed by atoms with Crippen LogP contribution >= 0.6 is 11.8 Å². The van der Waals surface area contributed by atoms with E-state index in [9.17, 15) is 14.7 Å². The van der Waals surface area contributed by atoms with Crippen molar-refractivity contribution in [3.63, 3.8) is 0 Å². The van der Waals surface area contributed by atoms with Gasteiger partial charge in [-0.05, 0) is 0 Å². The smallest absolute Gasteiger partial charge is 0.327 e. The number of carboxylic acid groups (broad SMARTS) is 1. The average Bonchev–Trinajstić information content (AvgIpc) is 2.25. The fraction of sp³-hybridized carbons (Fsp3) is 0.778. The van der Waals surface area contributed by atoms with Crippen molar-refractivity contribution < 1.29 is 30.0 Å². The van der Waals surface area contributed by atoms with Crippen molar-refractivity contribution in [2.75, 3.05) is 18.1 Å². The third kappa shape index (κ3) is 7.16. The Morgan fingerprint density at radius 2 is 1.82 bits per heavy atom. The van der Waals surface area contributed by atoms with Gasteiger partial charge in [0.15, 0.2) is 0 Å². The van der Waals surface area contributed by atoms with E-state index >= 15 is 0 Å². The van der Waals surface area contributed by atoms with Crippen LogP contribution in [-0.4, -0.2) is 68.7 Å². The van der Waals surface area contributed by atoms with Crippen LogP contribution in [0.2, 0.25) is 0 Å². The van der Waals surface area contributed by atoms with E-state index < -0.39 is 36.7 Å². The molecule has 100 valence electrons. The largest absolute Gasteiger partial charge is 0.480 e. The lowest BCUT2D eigenvalue weighted by molar-refractivity contribution is -0.140. The fourth-order valence-electron chi connectivity index (χ4n) is 0.959. The Labute approximate surface area is 103 Å². The first-order valence-electron chi connectivity index (χ1n) is 4.93. The molecule has 0 radical (unpaired) electrons. The number of aliphatic carboxylic acids is 1. The van der Waals surface area contributed by atoms with E-state index in [0.717, 1.165) is 11.8 Å². The van der Waals surface area contributed by atoms with Crippen molar-refractivity contribution in [2.45, 2.75) is 25.2 Å². The zero-order valence-corrected chi connectivity index (χ0v) is 10.2. The lowest BCUT2D eigenvalue weighted by Crippen LogP contribution is -2.42. The van der Waals surface area contributed by atoms with Gasteiger partial charge in [-0.15, -0.1) is 0 Å². The van der Waals surface area contributed by atoms with Crippen molar-refractivity contribution in [2.24, 2.45) is 0 Å². The van der Waals surface area contributed by atoms with E-state index in [4.69, 9.17) is 15.3 Å². The quantitative estimate of drug-likeness (QED) is 0.345. The first-order chi connectivity index (χ1) is 7.88. The average molecular weight is 267 g/mol. The minimum Gasteiger partial charge on any atom is -0.480 e. The molecule has 5 N–H and O–H groups in total. The van der Waals surface area contributed by atoms with Crippen LogP contribution in [0.25, 0.3) is 0 Å². The lowest BCUT2D eigenvalue weighted by Gasteiger charge is -2.17. The molecule has 0 aliphatic rings. The predicted molar refractivity (Wildman–Crippen MR) is 61.7 cm³/mol. The van der Waals surface area contributed by atoms with Gasteiger partial charge in [0.25, 0.3) is 0 Å². The van der Waals surface area contributed by atoms with E-state index in [1.807, 2.05) is 0 Å². The molecule has 0 bridgehead atoms. The van der Waals surface area contributed by atoms with Crippen LogP contribution < -0.4 is 5.32 Å². The third-order valence-electron chi connectivity index (χ3n) is 1.88. The van der Waals surface area contributed by atoms with Crippen LogP contribution in [-0.2, 0) is 9.59 Å². The molecular formula is C9H17NO6S. The monoisotopic (exact) mass is 267 g/mol. The molecule has 3 atom stereocenters. The fourth-order valence-corrected chi connectivity index (χ4v) is 2.02. The molecule has 0 spiro atoms. The van der Waals surface area contributed by atoms with Gasteiger partial charge < -0.3 is 25.7 Å². The predicted octanol–water partition coefficient (Wildman–Crippen LogP) is -1.98. The molecule has 0 rings (SSSR count). The molecular weight excluding hydrogens is 250 g/mol. The number of nitrogens with one attached hydrogen (secondary N) is 1. The zero-order valence-electron chi connectivity index (χ0n) is 9.37. The molecule has 0 aromatic carbocycles. The maximum absolute atomic E-state index is 10.7. The molecule has 0 unspecified atom stereocenters. The van der Waals surface area contributed by atoms with Gasteiger partial charge >= 0.3 is 5.97 Å². The van der Waals surface area contributed by atoms with Gasteiger partial charge in [-0.25, -0.2) is 4.79 Å². The van der Waals surface area contributed by atoms with Crippen LogP contribution in [0.5, 0.6) is 0 Å². The van der Waals surface area contributed by atoms with Gasteiger partial charge in [0.2, 0.25) is 5.91 Å². The Kier molecular flexibility index (Phi) is 7.88. The molecule has 0 aromatic heterocycles. The Bertz CT molecular complexity index is 262. The number of aliphatic hydroxyl groups excluding tert-OH is 3. The number of thioether (sulfide) groups is 1. The summed E-state index contributed by atoms with van der Waals surface area (Å²) >= 11 is 1.07. The van der Waals surface area contributed by atoms with Crippen molar-refractivity contribution in [1.29, 1.82) is 0 Å². The van der Waals surface area contributed by atoms with Crippen molar-refractivity contribution in [3.8, 4) is 0 Å². The first kappa shape index (κ1) is 16.2. The van der Waals surface area contributed by atoms with Gasteiger partial charge in [-0.2, -0.15) is 11.8 Å². The summed E-state index contributed by atoms with van der Waals surface area (Å²) in [6.45, 7) is 0.654. The van der Waals surface area contributed by atoms with E-state index in [-0.39, 0.29) is 11.5 Å². The van der Waals surface area contributed by atoms with Crippen molar-refractivity contribution >= 4 is 23.6 Å². The number of aliphatic hydroxyl groups is 3. The van der Waals surface area contributed by atoms with Crippen LogP contribution in [0.15, 0.2) is 0 Å². The van der Waals surface area contributed by atoms with Gasteiger partial charge in [0, 0.05) is 18.4 Å². The summed E-state index contributed by atoms with van der Waals surface area (Å²) in [6, 6.07) is -1.03. The molecule has 0 saturated carbocycles. The number of amides is 1. The second-order valence-electron chi connectivity index (χ2n) is 3.45. The molecule has 0 aromatic rings. The Morgan fingerprint density at radius 3 is 2.24 bits per heavy atom. The summed E-state index contributed by atoms with van der Waals surface area (Å²) in [5, 5.41) is 37.9. The molecule has 0 aliphatic heterocycles. The molecule has 7 nitrogen and oxygen atoms in total. The number of hydrogen-bond donors (Lipinski definition) is 5. The summed E-state index contributed by atoms with van der Waals surface area (Å²) in [7, 11) is 0. The Hall–Kier alpha value is -0.830. The zero-order chi connectivity index (χ0) is 13.4. The van der Waals surface area contributed by atoms with E-state index in [1.165, 1.54) is 6.92 Å². The number of carbonyl (C=O) groups is 2. The topological polar surface area (TPSA) is 127 Å². The molecule has 0 aliphatic carbocycles. The van der Waals surface area contributed by atoms with E-state index in [1.54, 1.807) is 0 Å². The summed E-state index contributed by atoms with van der Waals surface area (Å²) in [6.07, 6.45) is -2.37. The highest BCUT2D eigenvalue weighted by molar-refractivity contribution is 7.99. The minimum absolute atomic E-state index is 0.0735. The second kappa shape index (κ2) is 8.29. The Morgan fingerprint density at radius 1 is 1.24 bits per heavy atom. The van der Waals surface area contributed by atoms with Crippen LogP contribution in [0.4, 0.5) is 0 Å². The second-order valence-corrected chi connectivity index (χ2v) is 4.52. The summed E-state index contributed by atoms with van der Waals surface area (Å²) in [4.78, 5) is 21.4. The normalized spacial score (nSPS) is 16.0. The Balaban J connectivity index is 3.98. The molecule has 8 heteroatoms. The lowest BCUT2D eigenvalue weighted by atomic mass is 10.2. The minimum atomic E-state index is -1.24. The molecule has 0 saturated heterocycles. The molecule has 17 heavy (non-hydrogen) atoms.